The molecule has 0 saturated heterocycles. The van der Waals surface area contributed by atoms with Crippen LogP contribution in [0.2, 0.25) is 0 Å². The van der Waals surface area contributed by atoms with Crippen molar-refractivity contribution < 1.29 is 4.42 Å². The minimum Gasteiger partial charge on any atom is -0.468 e. The fourth-order valence-electron chi connectivity index (χ4n) is 1.77. The van der Waals surface area contributed by atoms with Gasteiger partial charge >= 0.3 is 0 Å². The normalized spacial score (nSPS) is 13.8. The summed E-state index contributed by atoms with van der Waals surface area (Å²) in [5, 5.41) is 3.48. The zero-order valence-corrected chi connectivity index (χ0v) is 12.3. The van der Waals surface area contributed by atoms with Crippen LogP contribution in [0.3, 0.4) is 0 Å². The summed E-state index contributed by atoms with van der Waals surface area (Å²) in [4.78, 5) is 2.81. The predicted octanol–water partition coefficient (Wildman–Crippen LogP) is 4.49. The molecule has 0 aliphatic heterocycles. The third-order valence-corrected chi connectivity index (χ3v) is 4.46. The van der Waals surface area contributed by atoms with Crippen molar-refractivity contribution in [3.8, 4) is 0 Å². The van der Waals surface area contributed by atoms with Crippen LogP contribution < -0.4 is 5.32 Å². The summed E-state index contributed by atoms with van der Waals surface area (Å²) >= 11 is 1.89. The third kappa shape index (κ3) is 3.24. The van der Waals surface area contributed by atoms with Gasteiger partial charge in [-0.1, -0.05) is 20.8 Å². The first kappa shape index (κ1) is 13.4. The average molecular weight is 263 g/mol. The molecule has 1 N–H and O–H groups in total. The molecular weight excluding hydrogens is 242 g/mol. The number of rotatable bonds is 4. The van der Waals surface area contributed by atoms with Gasteiger partial charge in [-0.2, -0.15) is 0 Å². The van der Waals surface area contributed by atoms with Crippen LogP contribution in [0, 0.1) is 0 Å². The van der Waals surface area contributed by atoms with Gasteiger partial charge in [0.15, 0.2) is 0 Å². The maximum Gasteiger partial charge on any atom is 0.120 e. The van der Waals surface area contributed by atoms with E-state index in [1.54, 1.807) is 6.26 Å². The van der Waals surface area contributed by atoms with Gasteiger partial charge in [-0.25, -0.2) is 0 Å². The highest BCUT2D eigenvalue weighted by molar-refractivity contribution is 7.12. The highest BCUT2D eigenvalue weighted by atomic mass is 32.1. The van der Waals surface area contributed by atoms with E-state index in [-0.39, 0.29) is 11.5 Å². The summed E-state index contributed by atoms with van der Waals surface area (Å²) in [6, 6.07) is 8.63. The Bertz CT molecular complexity index is 479. The van der Waals surface area contributed by atoms with E-state index in [4.69, 9.17) is 4.42 Å². The number of hydrogen-bond donors (Lipinski definition) is 1. The Morgan fingerprint density at radius 1 is 1.28 bits per heavy atom. The van der Waals surface area contributed by atoms with Crippen LogP contribution >= 0.6 is 11.3 Å². The first-order chi connectivity index (χ1) is 8.47. The second-order valence-electron chi connectivity index (χ2n) is 5.63. The fourth-order valence-corrected chi connectivity index (χ4v) is 2.78. The van der Waals surface area contributed by atoms with Gasteiger partial charge in [-0.05, 0) is 36.6 Å². The topological polar surface area (TPSA) is 25.2 Å². The highest BCUT2D eigenvalue weighted by Crippen LogP contribution is 2.29. The Morgan fingerprint density at radius 2 is 2.06 bits per heavy atom. The number of thiophene rings is 1. The van der Waals surface area contributed by atoms with Gasteiger partial charge in [0.1, 0.15) is 5.76 Å². The Hall–Kier alpha value is -1.06. The van der Waals surface area contributed by atoms with E-state index in [0.717, 1.165) is 12.3 Å². The van der Waals surface area contributed by atoms with Gasteiger partial charge in [0.25, 0.3) is 0 Å². The minimum atomic E-state index is 0.246. The molecule has 0 bridgehead atoms. The Balaban J connectivity index is 1.93. The molecule has 2 heterocycles. The maximum absolute atomic E-state index is 5.38. The Labute approximate surface area is 113 Å². The van der Waals surface area contributed by atoms with Gasteiger partial charge < -0.3 is 9.73 Å². The number of nitrogens with one attached hydrogen (secondary N) is 1. The molecule has 2 nitrogen and oxygen atoms in total. The molecule has 18 heavy (non-hydrogen) atoms. The quantitative estimate of drug-likeness (QED) is 0.879. The summed E-state index contributed by atoms with van der Waals surface area (Å²) < 4.78 is 5.38. The van der Waals surface area contributed by atoms with E-state index < -0.39 is 0 Å². The van der Waals surface area contributed by atoms with Gasteiger partial charge in [-0.3, -0.25) is 0 Å². The van der Waals surface area contributed by atoms with Crippen molar-refractivity contribution >= 4 is 11.3 Å². The average Bonchev–Trinajstić information content (AvgIpc) is 2.96. The monoisotopic (exact) mass is 263 g/mol. The molecule has 0 aliphatic rings. The van der Waals surface area contributed by atoms with Crippen molar-refractivity contribution in [2.45, 2.75) is 45.7 Å². The molecule has 0 aromatic carbocycles. The maximum atomic E-state index is 5.38. The molecule has 0 aliphatic carbocycles. The van der Waals surface area contributed by atoms with Crippen LogP contribution in [-0.4, -0.2) is 0 Å². The zero-order valence-electron chi connectivity index (χ0n) is 11.5. The second-order valence-corrected chi connectivity index (χ2v) is 6.80. The Kier molecular flexibility index (Phi) is 3.93. The third-order valence-electron chi connectivity index (χ3n) is 2.95. The second kappa shape index (κ2) is 5.29. The first-order valence-corrected chi connectivity index (χ1v) is 7.14. The standard InChI is InChI=1S/C15H21NOS/c1-11(13-6-5-9-17-13)16-10-12-7-8-14(18-12)15(2,3)4/h5-9,11,16H,10H2,1-4H3/t11-/m1/s1. The lowest BCUT2D eigenvalue weighted by molar-refractivity contribution is 0.431. The molecule has 0 amide bonds. The van der Waals surface area contributed by atoms with Crippen LogP contribution in [0.1, 0.15) is 49.3 Å². The smallest absolute Gasteiger partial charge is 0.120 e. The van der Waals surface area contributed by atoms with E-state index in [1.807, 2.05) is 23.5 Å². The van der Waals surface area contributed by atoms with Crippen molar-refractivity contribution in [3.63, 3.8) is 0 Å². The molecular formula is C15H21NOS. The highest BCUT2D eigenvalue weighted by Gasteiger charge is 2.16. The van der Waals surface area contributed by atoms with E-state index in [2.05, 4.69) is 45.1 Å². The van der Waals surface area contributed by atoms with E-state index in [1.165, 1.54) is 9.75 Å². The molecule has 2 rings (SSSR count). The zero-order chi connectivity index (χ0) is 13.2. The predicted molar refractivity (Wildman–Crippen MR) is 77.0 cm³/mol. The van der Waals surface area contributed by atoms with Crippen molar-refractivity contribution in [2.24, 2.45) is 0 Å². The van der Waals surface area contributed by atoms with Crippen LogP contribution in [0.25, 0.3) is 0 Å². The molecule has 2 aromatic heterocycles. The van der Waals surface area contributed by atoms with Crippen molar-refractivity contribution in [1.29, 1.82) is 0 Å². The van der Waals surface area contributed by atoms with Gasteiger partial charge in [-0.15, -0.1) is 11.3 Å². The van der Waals surface area contributed by atoms with E-state index >= 15 is 0 Å². The van der Waals surface area contributed by atoms with Gasteiger partial charge in [0.05, 0.1) is 12.3 Å². The molecule has 0 radical (unpaired) electrons. The van der Waals surface area contributed by atoms with Gasteiger partial charge in [0.2, 0.25) is 0 Å². The first-order valence-electron chi connectivity index (χ1n) is 6.33. The number of hydrogen-bond acceptors (Lipinski definition) is 3. The molecule has 0 unspecified atom stereocenters. The molecule has 0 spiro atoms. The van der Waals surface area contributed by atoms with Crippen LogP contribution in [0.15, 0.2) is 34.9 Å². The van der Waals surface area contributed by atoms with Crippen LogP contribution in [0.4, 0.5) is 0 Å². The minimum absolute atomic E-state index is 0.246. The lowest BCUT2D eigenvalue weighted by atomic mass is 9.95. The van der Waals surface area contributed by atoms with Crippen LogP contribution in [-0.2, 0) is 12.0 Å². The lowest BCUT2D eigenvalue weighted by Crippen LogP contribution is -2.16. The van der Waals surface area contributed by atoms with E-state index in [0.29, 0.717) is 0 Å². The fraction of sp³-hybridized carbons (Fsp3) is 0.467. The molecule has 0 fully saturated rings. The SMILES string of the molecule is C[C@@H](NCc1ccc(C(C)(C)C)s1)c1ccco1. The van der Waals surface area contributed by atoms with Crippen LogP contribution in [0.5, 0.6) is 0 Å². The summed E-state index contributed by atoms with van der Waals surface area (Å²) in [6.45, 7) is 9.77. The molecule has 2 aromatic rings. The summed E-state index contributed by atoms with van der Waals surface area (Å²) in [5.41, 5.74) is 0.246. The molecule has 0 saturated carbocycles. The molecule has 1 atom stereocenters. The molecule has 98 valence electrons. The summed E-state index contributed by atoms with van der Waals surface area (Å²) in [5.74, 6) is 0.989. The van der Waals surface area contributed by atoms with Gasteiger partial charge in [0, 0.05) is 16.3 Å². The Morgan fingerprint density at radius 3 is 2.61 bits per heavy atom. The molecule has 3 heteroatoms. The largest absolute Gasteiger partial charge is 0.468 e. The van der Waals surface area contributed by atoms with Crippen molar-refractivity contribution in [1.82, 2.24) is 5.32 Å². The summed E-state index contributed by atoms with van der Waals surface area (Å²) in [6.07, 6.45) is 1.72. The van der Waals surface area contributed by atoms with E-state index in [9.17, 15) is 0 Å². The van der Waals surface area contributed by atoms with Crippen molar-refractivity contribution in [3.05, 3.63) is 46.0 Å². The lowest BCUT2D eigenvalue weighted by Gasteiger charge is -2.15. The summed E-state index contributed by atoms with van der Waals surface area (Å²) in [7, 11) is 0. The number of furan rings is 1. The van der Waals surface area contributed by atoms with Crippen molar-refractivity contribution in [2.75, 3.05) is 0 Å².